The zero-order valence-corrected chi connectivity index (χ0v) is 14.6. The molecule has 2 atom stereocenters. The van der Waals surface area contributed by atoms with Crippen molar-refractivity contribution in [3.63, 3.8) is 0 Å². The van der Waals surface area contributed by atoms with Crippen LogP contribution in [0.4, 0.5) is 0 Å². The van der Waals surface area contributed by atoms with Gasteiger partial charge in [-0.25, -0.2) is 0 Å². The van der Waals surface area contributed by atoms with Gasteiger partial charge in [0, 0.05) is 12.3 Å². The molecule has 1 heteroatoms. The average Bonchev–Trinajstić information content (AvgIpc) is 2.54. The van der Waals surface area contributed by atoms with Gasteiger partial charge < -0.3 is 5.11 Å². The van der Waals surface area contributed by atoms with Gasteiger partial charge in [0.15, 0.2) is 0 Å². The number of hydrogen-bond donors (Lipinski definition) is 1. The van der Waals surface area contributed by atoms with Crippen molar-refractivity contribution in [1.82, 2.24) is 0 Å². The maximum Gasteiger partial charge on any atom is 0.0754 e. The molecule has 0 bridgehead atoms. The minimum absolute atomic E-state index is 0.0591. The number of hydrogen-bond acceptors (Lipinski definition) is 1. The predicted octanol–water partition coefficient (Wildman–Crippen LogP) is 5.37. The highest BCUT2D eigenvalue weighted by Crippen LogP contribution is 2.25. The number of rotatable bonds is 9. The summed E-state index contributed by atoms with van der Waals surface area (Å²) in [5, 5.41) is 10.6. The highest BCUT2D eigenvalue weighted by atomic mass is 16.3. The SMILES string of the molecule is CCCCCCC#CC(CCc1ccccc1)C(C)(O)CC. The van der Waals surface area contributed by atoms with Gasteiger partial charge in [-0.15, -0.1) is 5.92 Å². The summed E-state index contributed by atoms with van der Waals surface area (Å²) in [6.45, 7) is 6.19. The van der Waals surface area contributed by atoms with E-state index in [0.29, 0.717) is 0 Å². The maximum atomic E-state index is 10.6. The first-order valence-electron chi connectivity index (χ1n) is 8.84. The first-order chi connectivity index (χ1) is 10.6. The van der Waals surface area contributed by atoms with Crippen LogP contribution in [0.1, 0.15) is 71.3 Å². The summed E-state index contributed by atoms with van der Waals surface area (Å²) in [6.07, 6.45) is 8.62. The Morgan fingerprint density at radius 3 is 2.45 bits per heavy atom. The molecular weight excluding hydrogens is 268 g/mol. The van der Waals surface area contributed by atoms with Crippen LogP contribution in [-0.4, -0.2) is 10.7 Å². The first kappa shape index (κ1) is 18.8. The minimum atomic E-state index is -0.689. The van der Waals surface area contributed by atoms with Crippen molar-refractivity contribution in [2.45, 2.75) is 77.7 Å². The first-order valence-corrected chi connectivity index (χ1v) is 8.84. The van der Waals surface area contributed by atoms with E-state index < -0.39 is 5.60 Å². The zero-order valence-electron chi connectivity index (χ0n) is 14.6. The molecule has 0 heterocycles. The molecule has 1 nitrogen and oxygen atoms in total. The molecule has 1 N–H and O–H groups in total. The van der Waals surface area contributed by atoms with Gasteiger partial charge in [0.1, 0.15) is 0 Å². The third-order valence-corrected chi connectivity index (χ3v) is 4.46. The number of aryl methyl sites for hydroxylation is 1. The van der Waals surface area contributed by atoms with Crippen molar-refractivity contribution in [2.24, 2.45) is 5.92 Å². The summed E-state index contributed by atoms with van der Waals surface area (Å²) < 4.78 is 0. The summed E-state index contributed by atoms with van der Waals surface area (Å²) >= 11 is 0. The van der Waals surface area contributed by atoms with Crippen LogP contribution in [0.5, 0.6) is 0 Å². The Hall–Kier alpha value is -1.26. The van der Waals surface area contributed by atoms with E-state index in [1.54, 1.807) is 0 Å². The molecule has 0 spiro atoms. The fourth-order valence-electron chi connectivity index (χ4n) is 2.58. The second kappa shape index (κ2) is 10.5. The quantitative estimate of drug-likeness (QED) is 0.480. The van der Waals surface area contributed by atoms with Crippen LogP contribution >= 0.6 is 0 Å². The third-order valence-electron chi connectivity index (χ3n) is 4.46. The molecule has 0 aliphatic carbocycles. The van der Waals surface area contributed by atoms with Crippen LogP contribution in [0.3, 0.4) is 0 Å². The van der Waals surface area contributed by atoms with E-state index in [9.17, 15) is 5.11 Å². The van der Waals surface area contributed by atoms with Crippen LogP contribution in [0.25, 0.3) is 0 Å². The van der Waals surface area contributed by atoms with Gasteiger partial charge in [-0.2, -0.15) is 0 Å². The van der Waals surface area contributed by atoms with Crippen molar-refractivity contribution in [2.75, 3.05) is 0 Å². The molecule has 1 rings (SSSR count). The standard InChI is InChI=1S/C21H32O/c1-4-6-7-8-9-13-16-20(21(3,22)5-2)18-17-19-14-11-10-12-15-19/h10-12,14-15,20,22H,4-9,17-18H2,1-3H3. The van der Waals surface area contributed by atoms with Crippen LogP contribution in [0.15, 0.2) is 30.3 Å². The molecule has 0 fully saturated rings. The zero-order chi connectivity index (χ0) is 16.3. The van der Waals surface area contributed by atoms with E-state index in [-0.39, 0.29) is 5.92 Å². The molecule has 0 saturated carbocycles. The molecule has 0 aliphatic heterocycles. The highest BCUT2D eigenvalue weighted by Gasteiger charge is 2.28. The van der Waals surface area contributed by atoms with Crippen molar-refractivity contribution in [3.8, 4) is 11.8 Å². The van der Waals surface area contributed by atoms with E-state index in [4.69, 9.17) is 0 Å². The van der Waals surface area contributed by atoms with E-state index in [0.717, 1.165) is 25.7 Å². The van der Waals surface area contributed by atoms with Crippen LogP contribution in [0, 0.1) is 17.8 Å². The van der Waals surface area contributed by atoms with E-state index in [1.807, 2.05) is 19.9 Å². The molecule has 22 heavy (non-hydrogen) atoms. The second-order valence-electron chi connectivity index (χ2n) is 6.42. The lowest BCUT2D eigenvalue weighted by molar-refractivity contribution is 0.0149. The van der Waals surface area contributed by atoms with Gasteiger partial charge >= 0.3 is 0 Å². The summed E-state index contributed by atoms with van der Waals surface area (Å²) in [4.78, 5) is 0. The molecule has 0 amide bonds. The van der Waals surface area contributed by atoms with Gasteiger partial charge in [-0.05, 0) is 38.2 Å². The Morgan fingerprint density at radius 1 is 1.09 bits per heavy atom. The third kappa shape index (κ3) is 7.14. The van der Waals surface area contributed by atoms with Crippen LogP contribution < -0.4 is 0 Å². The average molecular weight is 300 g/mol. The molecular formula is C21H32O. The van der Waals surface area contributed by atoms with Crippen molar-refractivity contribution >= 4 is 0 Å². The minimum Gasteiger partial charge on any atom is -0.389 e. The fourth-order valence-corrected chi connectivity index (χ4v) is 2.58. The van der Waals surface area contributed by atoms with Gasteiger partial charge in [0.2, 0.25) is 0 Å². The Bertz CT molecular complexity index is 450. The molecule has 0 aliphatic rings. The van der Waals surface area contributed by atoms with E-state index >= 15 is 0 Å². The molecule has 2 unspecified atom stereocenters. The van der Waals surface area contributed by atoms with Gasteiger partial charge in [-0.1, -0.05) is 69.4 Å². The van der Waals surface area contributed by atoms with Crippen molar-refractivity contribution in [1.29, 1.82) is 0 Å². The normalized spacial score (nSPS) is 14.7. The largest absolute Gasteiger partial charge is 0.389 e. The van der Waals surface area contributed by atoms with E-state index in [1.165, 1.54) is 31.2 Å². The van der Waals surface area contributed by atoms with Gasteiger partial charge in [0.25, 0.3) is 0 Å². The highest BCUT2D eigenvalue weighted by molar-refractivity contribution is 5.16. The lowest BCUT2D eigenvalue weighted by Gasteiger charge is -2.28. The maximum absolute atomic E-state index is 10.6. The smallest absolute Gasteiger partial charge is 0.0754 e. The van der Waals surface area contributed by atoms with Gasteiger partial charge in [0.05, 0.1) is 5.60 Å². The van der Waals surface area contributed by atoms with Crippen molar-refractivity contribution in [3.05, 3.63) is 35.9 Å². The fraction of sp³-hybridized carbons (Fsp3) is 0.619. The molecule has 0 radical (unpaired) electrons. The molecule has 0 aromatic heterocycles. The topological polar surface area (TPSA) is 20.2 Å². The Balaban J connectivity index is 2.55. The summed E-state index contributed by atoms with van der Waals surface area (Å²) in [5.74, 6) is 6.73. The number of aliphatic hydroxyl groups is 1. The number of unbranched alkanes of at least 4 members (excludes halogenated alkanes) is 4. The Kier molecular flexibility index (Phi) is 8.94. The van der Waals surface area contributed by atoms with Crippen LogP contribution in [-0.2, 0) is 6.42 Å². The lowest BCUT2D eigenvalue weighted by atomic mass is 9.83. The molecule has 0 saturated heterocycles. The summed E-state index contributed by atoms with van der Waals surface area (Å²) in [5.41, 5.74) is 0.634. The Morgan fingerprint density at radius 2 is 1.82 bits per heavy atom. The summed E-state index contributed by atoms with van der Waals surface area (Å²) in [7, 11) is 0. The molecule has 1 aromatic rings. The van der Waals surface area contributed by atoms with E-state index in [2.05, 4.69) is 43.0 Å². The van der Waals surface area contributed by atoms with Crippen LogP contribution in [0.2, 0.25) is 0 Å². The van der Waals surface area contributed by atoms with Crippen molar-refractivity contribution < 1.29 is 5.11 Å². The predicted molar refractivity (Wildman–Crippen MR) is 95.7 cm³/mol. The summed E-state index contributed by atoms with van der Waals surface area (Å²) in [6, 6.07) is 10.5. The second-order valence-corrected chi connectivity index (χ2v) is 6.42. The Labute approximate surface area is 137 Å². The molecule has 122 valence electrons. The monoisotopic (exact) mass is 300 g/mol. The van der Waals surface area contributed by atoms with Gasteiger partial charge in [-0.3, -0.25) is 0 Å². The number of benzene rings is 1. The lowest BCUT2D eigenvalue weighted by Crippen LogP contribution is -2.33. The molecule has 1 aromatic carbocycles.